The van der Waals surface area contributed by atoms with Crippen LogP contribution in [0.3, 0.4) is 0 Å². The molecule has 0 spiro atoms. The van der Waals surface area contributed by atoms with Crippen molar-refractivity contribution in [2.24, 2.45) is 5.41 Å². The van der Waals surface area contributed by atoms with Crippen LogP contribution in [0.2, 0.25) is 0 Å². The van der Waals surface area contributed by atoms with Gasteiger partial charge in [-0.05, 0) is 18.1 Å². The second kappa shape index (κ2) is 3.40. The number of aromatic nitrogens is 1. The van der Waals surface area contributed by atoms with Crippen molar-refractivity contribution in [2.45, 2.75) is 32.6 Å². The molecular formula is C12H14FNO. The monoisotopic (exact) mass is 207 g/mol. The third-order valence-corrected chi connectivity index (χ3v) is 3.66. The fourth-order valence-electron chi connectivity index (χ4n) is 2.26. The number of Topliss-reactive ketones (excluding diaryl/α,β-unsaturated/α-hetero) is 1. The number of carbonyl (C=O) groups is 1. The van der Waals surface area contributed by atoms with Gasteiger partial charge in [0.25, 0.3) is 0 Å². The van der Waals surface area contributed by atoms with E-state index in [1.165, 1.54) is 12.3 Å². The Morgan fingerprint density at radius 1 is 1.60 bits per heavy atom. The molecule has 0 N–H and O–H groups in total. The van der Waals surface area contributed by atoms with Gasteiger partial charge in [-0.3, -0.25) is 9.78 Å². The Hall–Kier alpha value is -1.25. The molecule has 1 heterocycles. The molecule has 3 heteroatoms. The molecule has 1 saturated carbocycles. The topological polar surface area (TPSA) is 30.0 Å². The van der Waals surface area contributed by atoms with E-state index in [9.17, 15) is 9.18 Å². The molecule has 0 radical (unpaired) electrons. The van der Waals surface area contributed by atoms with E-state index in [0.717, 1.165) is 12.0 Å². The summed E-state index contributed by atoms with van der Waals surface area (Å²) < 4.78 is 13.0. The second-order valence-electron chi connectivity index (χ2n) is 4.39. The molecule has 80 valence electrons. The molecule has 2 unspecified atom stereocenters. The Labute approximate surface area is 88.5 Å². The van der Waals surface area contributed by atoms with Gasteiger partial charge >= 0.3 is 0 Å². The average molecular weight is 207 g/mol. The maximum atomic E-state index is 13.0. The van der Waals surface area contributed by atoms with E-state index in [0.29, 0.717) is 6.42 Å². The van der Waals surface area contributed by atoms with Gasteiger partial charge in [-0.15, -0.1) is 0 Å². The molecular weight excluding hydrogens is 193 g/mol. The lowest BCUT2D eigenvalue weighted by molar-refractivity contribution is -0.139. The standard InChI is InChI=1S/C12H14FNO/c1-3-12(2)10(5-11(12)15)8-4-9(13)7-14-6-8/h4,6-7,10H,3,5H2,1-2H3. The summed E-state index contributed by atoms with van der Waals surface area (Å²) in [5.74, 6) is 0.0859. The zero-order valence-corrected chi connectivity index (χ0v) is 8.96. The first-order valence-electron chi connectivity index (χ1n) is 5.21. The number of pyridine rings is 1. The summed E-state index contributed by atoms with van der Waals surface area (Å²) in [6.45, 7) is 3.95. The van der Waals surface area contributed by atoms with Gasteiger partial charge in [-0.1, -0.05) is 13.8 Å². The zero-order valence-electron chi connectivity index (χ0n) is 8.96. The Morgan fingerprint density at radius 2 is 2.33 bits per heavy atom. The molecule has 0 aliphatic heterocycles. The van der Waals surface area contributed by atoms with E-state index in [1.54, 1.807) is 6.20 Å². The van der Waals surface area contributed by atoms with Gasteiger partial charge in [0.05, 0.1) is 6.20 Å². The van der Waals surface area contributed by atoms with Crippen LogP contribution in [0.4, 0.5) is 4.39 Å². The molecule has 0 bridgehead atoms. The number of ketones is 1. The van der Waals surface area contributed by atoms with Gasteiger partial charge in [0.1, 0.15) is 11.6 Å². The molecule has 15 heavy (non-hydrogen) atoms. The van der Waals surface area contributed by atoms with Crippen LogP contribution in [0.15, 0.2) is 18.5 Å². The normalized spacial score (nSPS) is 30.1. The Kier molecular flexibility index (Phi) is 2.33. The molecule has 1 aliphatic carbocycles. The van der Waals surface area contributed by atoms with Crippen LogP contribution in [-0.2, 0) is 4.79 Å². The first-order valence-corrected chi connectivity index (χ1v) is 5.21. The Morgan fingerprint density at radius 3 is 2.87 bits per heavy atom. The van der Waals surface area contributed by atoms with E-state index >= 15 is 0 Å². The summed E-state index contributed by atoms with van der Waals surface area (Å²) in [4.78, 5) is 15.4. The van der Waals surface area contributed by atoms with E-state index in [1.807, 2.05) is 13.8 Å². The highest BCUT2D eigenvalue weighted by Gasteiger charge is 2.50. The van der Waals surface area contributed by atoms with Gasteiger partial charge in [-0.25, -0.2) is 4.39 Å². The van der Waals surface area contributed by atoms with Crippen LogP contribution in [-0.4, -0.2) is 10.8 Å². The molecule has 2 rings (SSSR count). The summed E-state index contributed by atoms with van der Waals surface area (Å²) in [7, 11) is 0. The van der Waals surface area contributed by atoms with Crippen LogP contribution < -0.4 is 0 Å². The minimum atomic E-state index is -0.328. The average Bonchev–Trinajstić information content (AvgIpc) is 2.24. The number of hydrogen-bond acceptors (Lipinski definition) is 2. The number of rotatable bonds is 2. The van der Waals surface area contributed by atoms with Crippen molar-refractivity contribution >= 4 is 5.78 Å². The van der Waals surface area contributed by atoms with E-state index in [-0.39, 0.29) is 22.9 Å². The Balaban J connectivity index is 2.30. The summed E-state index contributed by atoms with van der Waals surface area (Å²) >= 11 is 0. The second-order valence-corrected chi connectivity index (χ2v) is 4.39. The lowest BCUT2D eigenvalue weighted by Crippen LogP contribution is -2.45. The third-order valence-electron chi connectivity index (χ3n) is 3.66. The van der Waals surface area contributed by atoms with Gasteiger partial charge in [0.15, 0.2) is 0 Å². The maximum absolute atomic E-state index is 13.0. The van der Waals surface area contributed by atoms with Crippen LogP contribution in [0.25, 0.3) is 0 Å². The summed E-state index contributed by atoms with van der Waals surface area (Å²) in [6, 6.07) is 1.48. The molecule has 2 nitrogen and oxygen atoms in total. The van der Waals surface area contributed by atoms with Crippen LogP contribution in [0, 0.1) is 11.2 Å². The molecule has 1 aromatic heterocycles. The van der Waals surface area contributed by atoms with Crippen molar-refractivity contribution in [1.29, 1.82) is 0 Å². The first-order chi connectivity index (χ1) is 7.08. The van der Waals surface area contributed by atoms with Gasteiger partial charge < -0.3 is 0 Å². The van der Waals surface area contributed by atoms with Crippen molar-refractivity contribution in [2.75, 3.05) is 0 Å². The quantitative estimate of drug-likeness (QED) is 0.746. The number of halogens is 1. The lowest BCUT2D eigenvalue weighted by Gasteiger charge is -2.45. The minimum Gasteiger partial charge on any atom is -0.299 e. The molecule has 0 amide bonds. The number of carbonyl (C=O) groups excluding carboxylic acids is 1. The minimum absolute atomic E-state index is 0.137. The van der Waals surface area contributed by atoms with Gasteiger partial charge in [0, 0.05) is 24.0 Å². The van der Waals surface area contributed by atoms with Crippen LogP contribution >= 0.6 is 0 Å². The summed E-state index contributed by atoms with van der Waals surface area (Å²) in [6.07, 6.45) is 4.17. The molecule has 1 fully saturated rings. The predicted octanol–water partition coefficient (Wildman–Crippen LogP) is 2.69. The molecule has 0 aromatic carbocycles. The van der Waals surface area contributed by atoms with Crippen molar-refractivity contribution in [3.8, 4) is 0 Å². The van der Waals surface area contributed by atoms with Gasteiger partial charge in [0.2, 0.25) is 0 Å². The lowest BCUT2D eigenvalue weighted by atomic mass is 9.57. The van der Waals surface area contributed by atoms with E-state index in [4.69, 9.17) is 0 Å². The van der Waals surface area contributed by atoms with Crippen molar-refractivity contribution in [3.05, 3.63) is 29.8 Å². The fraction of sp³-hybridized carbons (Fsp3) is 0.500. The fourth-order valence-corrected chi connectivity index (χ4v) is 2.26. The highest BCUT2D eigenvalue weighted by atomic mass is 19.1. The molecule has 2 atom stereocenters. The molecule has 1 aliphatic rings. The SMILES string of the molecule is CCC1(C)C(=O)CC1c1cncc(F)c1. The third kappa shape index (κ3) is 1.46. The molecule has 0 saturated heterocycles. The number of hydrogen-bond donors (Lipinski definition) is 0. The number of nitrogens with zero attached hydrogens (tertiary/aromatic N) is 1. The largest absolute Gasteiger partial charge is 0.299 e. The molecule has 1 aromatic rings. The van der Waals surface area contributed by atoms with Crippen LogP contribution in [0.5, 0.6) is 0 Å². The van der Waals surface area contributed by atoms with Gasteiger partial charge in [-0.2, -0.15) is 0 Å². The summed E-state index contributed by atoms with van der Waals surface area (Å²) in [5.41, 5.74) is 0.536. The smallest absolute Gasteiger partial charge is 0.141 e. The van der Waals surface area contributed by atoms with Crippen molar-refractivity contribution in [3.63, 3.8) is 0 Å². The predicted molar refractivity (Wildman–Crippen MR) is 55.0 cm³/mol. The van der Waals surface area contributed by atoms with Crippen molar-refractivity contribution < 1.29 is 9.18 Å². The highest BCUT2D eigenvalue weighted by Crippen LogP contribution is 2.51. The highest BCUT2D eigenvalue weighted by molar-refractivity contribution is 5.92. The van der Waals surface area contributed by atoms with Crippen molar-refractivity contribution in [1.82, 2.24) is 4.98 Å². The maximum Gasteiger partial charge on any atom is 0.141 e. The van der Waals surface area contributed by atoms with Crippen LogP contribution in [0.1, 0.15) is 38.2 Å². The van der Waals surface area contributed by atoms with E-state index < -0.39 is 0 Å². The van der Waals surface area contributed by atoms with E-state index in [2.05, 4.69) is 4.98 Å². The summed E-state index contributed by atoms with van der Waals surface area (Å²) in [5, 5.41) is 0. The zero-order chi connectivity index (χ0) is 11.1. The first kappa shape index (κ1) is 10.3. The Bertz CT molecular complexity index is 404.